The maximum Gasteiger partial charge on any atom is 0.330 e. The van der Waals surface area contributed by atoms with Gasteiger partial charge in [-0.05, 0) is 50.5 Å². The third-order valence-corrected chi connectivity index (χ3v) is 3.70. The highest BCUT2D eigenvalue weighted by molar-refractivity contribution is 6.03. The van der Waals surface area contributed by atoms with Crippen molar-refractivity contribution in [1.82, 2.24) is 4.90 Å². The first-order valence-electron chi connectivity index (χ1n) is 8.15. The summed E-state index contributed by atoms with van der Waals surface area (Å²) in [5.41, 5.74) is 1.17. The molecule has 1 saturated heterocycles. The highest BCUT2D eigenvalue weighted by Crippen LogP contribution is 2.15. The number of benzene rings is 1. The number of hydrogen-bond acceptors (Lipinski definition) is 4. The van der Waals surface area contributed by atoms with Gasteiger partial charge in [-0.25, -0.2) is 4.79 Å². The van der Waals surface area contributed by atoms with Crippen molar-refractivity contribution < 1.29 is 19.1 Å². The van der Waals surface area contributed by atoms with E-state index in [2.05, 4.69) is 5.32 Å². The van der Waals surface area contributed by atoms with Crippen LogP contribution in [0.15, 0.2) is 36.4 Å². The average molecular weight is 330 g/mol. The second-order valence-electron chi connectivity index (χ2n) is 5.50. The van der Waals surface area contributed by atoms with Gasteiger partial charge in [0.2, 0.25) is 5.91 Å². The smallest absolute Gasteiger partial charge is 0.330 e. The first-order valence-corrected chi connectivity index (χ1v) is 8.15. The van der Waals surface area contributed by atoms with Crippen molar-refractivity contribution in [3.05, 3.63) is 42.0 Å². The highest BCUT2D eigenvalue weighted by Gasteiger charge is 2.17. The molecular weight excluding hydrogens is 308 g/mol. The fourth-order valence-electron chi connectivity index (χ4n) is 2.49. The fraction of sp³-hybridized carbons (Fsp3) is 0.389. The van der Waals surface area contributed by atoms with Crippen molar-refractivity contribution in [1.29, 1.82) is 0 Å². The Morgan fingerprint density at radius 3 is 2.38 bits per heavy atom. The van der Waals surface area contributed by atoms with Crippen molar-refractivity contribution in [3.8, 4) is 0 Å². The molecule has 6 nitrogen and oxygen atoms in total. The van der Waals surface area contributed by atoms with E-state index < -0.39 is 11.9 Å². The van der Waals surface area contributed by atoms with E-state index in [0.29, 0.717) is 11.3 Å². The molecule has 1 aliphatic heterocycles. The second kappa shape index (κ2) is 8.86. The number of carbonyl (C=O) groups excluding carboxylic acids is 3. The van der Waals surface area contributed by atoms with Gasteiger partial charge in [-0.2, -0.15) is 0 Å². The van der Waals surface area contributed by atoms with Gasteiger partial charge >= 0.3 is 5.97 Å². The zero-order chi connectivity index (χ0) is 17.4. The van der Waals surface area contributed by atoms with E-state index in [4.69, 9.17) is 4.74 Å². The Bertz CT molecular complexity index is 616. The molecule has 1 aromatic rings. The zero-order valence-electron chi connectivity index (χ0n) is 13.8. The standard InChI is InChI=1S/C18H22N2O4/c1-2-24-17(22)11-10-16(21)19-15-8-6-14(7-9-15)18(23)20-12-4-3-5-13-20/h6-11H,2-5,12-13H2,1H3,(H,19,21)/b11-10+. The van der Waals surface area contributed by atoms with Gasteiger partial charge in [0.05, 0.1) is 6.61 Å². The molecule has 6 heteroatoms. The van der Waals surface area contributed by atoms with Gasteiger partial charge < -0.3 is 15.0 Å². The molecule has 0 unspecified atom stereocenters. The molecule has 128 valence electrons. The molecule has 1 fully saturated rings. The predicted octanol–water partition coefficient (Wildman–Crippen LogP) is 2.37. The molecule has 0 aromatic heterocycles. The topological polar surface area (TPSA) is 75.7 Å². The normalized spacial score (nSPS) is 14.5. The number of nitrogens with one attached hydrogen (secondary N) is 1. The van der Waals surface area contributed by atoms with Crippen LogP contribution in [0.25, 0.3) is 0 Å². The maximum absolute atomic E-state index is 12.3. The van der Waals surface area contributed by atoms with Gasteiger partial charge in [0.1, 0.15) is 0 Å². The summed E-state index contributed by atoms with van der Waals surface area (Å²) in [6.07, 6.45) is 5.46. The van der Waals surface area contributed by atoms with E-state index in [1.165, 1.54) is 6.42 Å². The highest BCUT2D eigenvalue weighted by atomic mass is 16.5. The van der Waals surface area contributed by atoms with Gasteiger partial charge in [0, 0.05) is 36.5 Å². The number of likely N-dealkylation sites (tertiary alicyclic amines) is 1. The Morgan fingerprint density at radius 2 is 1.75 bits per heavy atom. The van der Waals surface area contributed by atoms with E-state index in [1.54, 1.807) is 31.2 Å². The first-order chi connectivity index (χ1) is 11.6. The quantitative estimate of drug-likeness (QED) is 0.664. The Balaban J connectivity index is 1.90. The number of hydrogen-bond donors (Lipinski definition) is 1. The second-order valence-corrected chi connectivity index (χ2v) is 5.50. The van der Waals surface area contributed by atoms with Crippen LogP contribution in [-0.4, -0.2) is 42.4 Å². The van der Waals surface area contributed by atoms with Crippen molar-refractivity contribution in [2.45, 2.75) is 26.2 Å². The van der Waals surface area contributed by atoms with E-state index >= 15 is 0 Å². The summed E-state index contributed by atoms with van der Waals surface area (Å²) in [4.78, 5) is 37.1. The number of nitrogens with zero attached hydrogens (tertiary/aromatic N) is 1. The molecule has 24 heavy (non-hydrogen) atoms. The van der Waals surface area contributed by atoms with Gasteiger partial charge in [-0.1, -0.05) is 0 Å². The maximum atomic E-state index is 12.3. The van der Waals surface area contributed by atoms with E-state index in [1.807, 2.05) is 4.90 Å². The van der Waals surface area contributed by atoms with Gasteiger partial charge in [0.15, 0.2) is 0 Å². The molecule has 1 N–H and O–H groups in total. The van der Waals surface area contributed by atoms with E-state index in [-0.39, 0.29) is 12.5 Å². The number of rotatable bonds is 5. The Labute approximate surface area is 141 Å². The summed E-state index contributed by atoms with van der Waals surface area (Å²) in [6.45, 7) is 3.56. The Hall–Kier alpha value is -2.63. The van der Waals surface area contributed by atoms with Crippen LogP contribution < -0.4 is 5.32 Å². The van der Waals surface area contributed by atoms with Crippen LogP contribution in [-0.2, 0) is 14.3 Å². The molecule has 2 amide bonds. The monoisotopic (exact) mass is 330 g/mol. The minimum atomic E-state index is -0.560. The number of carbonyl (C=O) groups is 3. The van der Waals surface area contributed by atoms with Gasteiger partial charge in [-0.3, -0.25) is 9.59 Å². The van der Waals surface area contributed by atoms with Crippen LogP contribution in [0.2, 0.25) is 0 Å². The summed E-state index contributed by atoms with van der Waals surface area (Å²) in [5.74, 6) is -0.969. The predicted molar refractivity (Wildman–Crippen MR) is 90.6 cm³/mol. The molecule has 0 spiro atoms. The summed E-state index contributed by atoms with van der Waals surface area (Å²) in [6, 6.07) is 6.74. The largest absolute Gasteiger partial charge is 0.463 e. The molecule has 0 atom stereocenters. The molecule has 0 radical (unpaired) electrons. The van der Waals surface area contributed by atoms with Gasteiger partial charge in [0.25, 0.3) is 5.91 Å². The third-order valence-electron chi connectivity index (χ3n) is 3.70. The van der Waals surface area contributed by atoms with E-state index in [9.17, 15) is 14.4 Å². The lowest BCUT2D eigenvalue weighted by atomic mass is 10.1. The number of ether oxygens (including phenoxy) is 1. The van der Waals surface area contributed by atoms with Crippen LogP contribution in [0.1, 0.15) is 36.5 Å². The molecular formula is C18H22N2O4. The minimum Gasteiger partial charge on any atom is -0.463 e. The molecule has 0 bridgehead atoms. The molecule has 2 rings (SSSR count). The number of amides is 2. The van der Waals surface area contributed by atoms with Crippen molar-refractivity contribution in [2.75, 3.05) is 25.0 Å². The van der Waals surface area contributed by atoms with Crippen LogP contribution in [0.4, 0.5) is 5.69 Å². The lowest BCUT2D eigenvalue weighted by Gasteiger charge is -2.26. The minimum absolute atomic E-state index is 0.0229. The summed E-state index contributed by atoms with van der Waals surface area (Å²) >= 11 is 0. The Kier molecular flexibility index (Phi) is 6.54. The SMILES string of the molecule is CCOC(=O)/C=C/C(=O)Nc1ccc(C(=O)N2CCCCC2)cc1. The lowest BCUT2D eigenvalue weighted by molar-refractivity contribution is -0.137. The van der Waals surface area contributed by atoms with Crippen molar-refractivity contribution in [2.24, 2.45) is 0 Å². The summed E-state index contributed by atoms with van der Waals surface area (Å²) < 4.78 is 4.69. The molecule has 0 saturated carbocycles. The molecule has 1 aliphatic rings. The average Bonchev–Trinajstić information content (AvgIpc) is 2.61. The molecule has 0 aliphatic carbocycles. The van der Waals surface area contributed by atoms with E-state index in [0.717, 1.165) is 38.1 Å². The van der Waals surface area contributed by atoms with Crippen LogP contribution in [0, 0.1) is 0 Å². The third kappa shape index (κ3) is 5.22. The van der Waals surface area contributed by atoms with Crippen molar-refractivity contribution >= 4 is 23.5 Å². The molecule has 1 aromatic carbocycles. The lowest BCUT2D eigenvalue weighted by Crippen LogP contribution is -2.35. The summed E-state index contributed by atoms with van der Waals surface area (Å²) in [5, 5.41) is 2.63. The summed E-state index contributed by atoms with van der Waals surface area (Å²) in [7, 11) is 0. The fourth-order valence-corrected chi connectivity index (χ4v) is 2.49. The number of piperidine rings is 1. The zero-order valence-corrected chi connectivity index (χ0v) is 13.8. The van der Waals surface area contributed by atoms with Crippen LogP contribution >= 0.6 is 0 Å². The number of esters is 1. The first kappa shape index (κ1) is 17.7. The van der Waals surface area contributed by atoms with Gasteiger partial charge in [-0.15, -0.1) is 0 Å². The molecule has 1 heterocycles. The Morgan fingerprint density at radius 1 is 1.08 bits per heavy atom. The van der Waals surface area contributed by atoms with Crippen LogP contribution in [0.3, 0.4) is 0 Å². The number of anilines is 1. The van der Waals surface area contributed by atoms with Crippen molar-refractivity contribution in [3.63, 3.8) is 0 Å². The van der Waals surface area contributed by atoms with Crippen LogP contribution in [0.5, 0.6) is 0 Å².